The lowest BCUT2D eigenvalue weighted by molar-refractivity contribution is -0.144. The number of carbonyl (C=O) groups is 2. The first-order chi connectivity index (χ1) is 9.56. The predicted octanol–water partition coefficient (Wildman–Crippen LogP) is 1.25. The van der Waals surface area contributed by atoms with Gasteiger partial charge in [-0.3, -0.25) is 14.5 Å². The lowest BCUT2D eigenvalue weighted by Gasteiger charge is -2.30. The lowest BCUT2D eigenvalue weighted by Crippen LogP contribution is -2.44. The second-order valence-electron chi connectivity index (χ2n) is 5.22. The van der Waals surface area contributed by atoms with Crippen molar-refractivity contribution in [3.8, 4) is 0 Å². The number of aliphatic carboxylic acids is 1. The Morgan fingerprint density at radius 1 is 1.60 bits per heavy atom. The molecule has 20 heavy (non-hydrogen) atoms. The quantitative estimate of drug-likeness (QED) is 0.848. The van der Waals surface area contributed by atoms with Crippen LogP contribution in [0.3, 0.4) is 0 Å². The molecule has 2 unspecified atom stereocenters. The van der Waals surface area contributed by atoms with Crippen molar-refractivity contribution >= 4 is 11.9 Å². The highest BCUT2D eigenvalue weighted by Gasteiger charge is 2.26. The van der Waals surface area contributed by atoms with Crippen molar-refractivity contribution in [3.63, 3.8) is 0 Å². The van der Waals surface area contributed by atoms with E-state index in [0.717, 1.165) is 13.0 Å². The zero-order valence-corrected chi connectivity index (χ0v) is 11.5. The highest BCUT2D eigenvalue weighted by atomic mass is 16.4. The van der Waals surface area contributed by atoms with Crippen molar-refractivity contribution in [3.05, 3.63) is 24.2 Å². The van der Waals surface area contributed by atoms with E-state index >= 15 is 0 Å². The summed E-state index contributed by atoms with van der Waals surface area (Å²) in [4.78, 5) is 24.8. The van der Waals surface area contributed by atoms with Crippen LogP contribution in [0.4, 0.5) is 0 Å². The summed E-state index contributed by atoms with van der Waals surface area (Å²) in [5, 5.41) is 11.9. The topological polar surface area (TPSA) is 82.8 Å². The first-order valence-electron chi connectivity index (χ1n) is 6.84. The smallest absolute Gasteiger partial charge is 0.307 e. The highest BCUT2D eigenvalue weighted by Crippen LogP contribution is 2.17. The number of likely N-dealkylation sites (tertiary alicyclic amines) is 1. The number of amides is 1. The molecule has 2 atom stereocenters. The number of rotatable bonds is 5. The van der Waals surface area contributed by atoms with Gasteiger partial charge in [0.1, 0.15) is 5.76 Å². The van der Waals surface area contributed by atoms with Crippen LogP contribution in [0.15, 0.2) is 22.8 Å². The maximum atomic E-state index is 12.0. The number of carbonyl (C=O) groups excluding carboxylic acids is 1. The van der Waals surface area contributed by atoms with Gasteiger partial charge in [0.2, 0.25) is 5.91 Å². The summed E-state index contributed by atoms with van der Waals surface area (Å²) in [5.74, 6) is -0.543. The van der Waals surface area contributed by atoms with Gasteiger partial charge in [-0.2, -0.15) is 0 Å². The van der Waals surface area contributed by atoms with Crippen LogP contribution in [0.5, 0.6) is 0 Å². The summed E-state index contributed by atoms with van der Waals surface area (Å²) in [6, 6.07) is 3.41. The van der Waals surface area contributed by atoms with Crippen molar-refractivity contribution in [2.75, 3.05) is 19.6 Å². The molecule has 1 aliphatic rings. The van der Waals surface area contributed by atoms with Gasteiger partial charge in [-0.1, -0.05) is 0 Å². The first-order valence-corrected chi connectivity index (χ1v) is 6.84. The maximum absolute atomic E-state index is 12.0. The van der Waals surface area contributed by atoms with Gasteiger partial charge in [0, 0.05) is 6.54 Å². The molecule has 1 aromatic rings. The predicted molar refractivity (Wildman–Crippen MR) is 72.1 cm³/mol. The molecule has 0 saturated carbocycles. The van der Waals surface area contributed by atoms with Crippen LogP contribution >= 0.6 is 0 Å². The zero-order valence-electron chi connectivity index (χ0n) is 11.5. The molecule has 0 aliphatic carbocycles. The summed E-state index contributed by atoms with van der Waals surface area (Å²) >= 11 is 0. The Morgan fingerprint density at radius 3 is 3.05 bits per heavy atom. The van der Waals surface area contributed by atoms with Gasteiger partial charge in [-0.25, -0.2) is 0 Å². The number of carboxylic acids is 1. The monoisotopic (exact) mass is 280 g/mol. The fourth-order valence-electron chi connectivity index (χ4n) is 2.50. The van der Waals surface area contributed by atoms with E-state index in [4.69, 9.17) is 9.52 Å². The van der Waals surface area contributed by atoms with E-state index < -0.39 is 5.97 Å². The summed E-state index contributed by atoms with van der Waals surface area (Å²) in [7, 11) is 0. The Kier molecular flexibility index (Phi) is 4.79. The van der Waals surface area contributed by atoms with Crippen LogP contribution in [-0.4, -0.2) is 41.5 Å². The van der Waals surface area contributed by atoms with Gasteiger partial charge < -0.3 is 14.8 Å². The van der Waals surface area contributed by atoms with Crippen LogP contribution in [-0.2, 0) is 9.59 Å². The Bertz CT molecular complexity index is 458. The Balaban J connectivity index is 1.80. The standard InChI is InChI=1S/C14H20N2O4/c1-10(12-5-3-7-20-12)15-13(17)9-16-6-2-4-11(8-16)14(18)19/h3,5,7,10-11H,2,4,6,8-9H2,1H3,(H,15,17)(H,18,19). The normalized spacial score (nSPS) is 21.4. The first kappa shape index (κ1) is 14.6. The minimum absolute atomic E-state index is 0.111. The molecule has 1 aliphatic heterocycles. The lowest BCUT2D eigenvalue weighted by atomic mass is 9.98. The molecule has 110 valence electrons. The van der Waals surface area contributed by atoms with Crippen molar-refractivity contribution in [2.24, 2.45) is 5.92 Å². The maximum Gasteiger partial charge on any atom is 0.307 e. The molecule has 1 amide bonds. The fourth-order valence-corrected chi connectivity index (χ4v) is 2.50. The molecule has 2 rings (SSSR count). The highest BCUT2D eigenvalue weighted by molar-refractivity contribution is 5.78. The molecular weight excluding hydrogens is 260 g/mol. The SMILES string of the molecule is CC(NC(=O)CN1CCCC(C(=O)O)C1)c1ccco1. The van der Waals surface area contributed by atoms with E-state index in [1.54, 1.807) is 12.3 Å². The molecule has 6 heteroatoms. The average molecular weight is 280 g/mol. The fraction of sp³-hybridized carbons (Fsp3) is 0.571. The third-order valence-electron chi connectivity index (χ3n) is 3.57. The number of furan rings is 1. The van der Waals surface area contributed by atoms with Crippen LogP contribution in [0.2, 0.25) is 0 Å². The van der Waals surface area contributed by atoms with Crippen molar-refractivity contribution in [1.29, 1.82) is 0 Å². The third kappa shape index (κ3) is 3.84. The van der Waals surface area contributed by atoms with Crippen LogP contribution in [0.25, 0.3) is 0 Å². The number of hydrogen-bond acceptors (Lipinski definition) is 4. The van der Waals surface area contributed by atoms with Gasteiger partial charge in [0.25, 0.3) is 0 Å². The van der Waals surface area contributed by atoms with E-state index in [-0.39, 0.29) is 24.4 Å². The zero-order chi connectivity index (χ0) is 14.5. The molecule has 0 spiro atoms. The van der Waals surface area contributed by atoms with E-state index in [0.29, 0.717) is 18.7 Å². The molecule has 0 bridgehead atoms. The number of nitrogens with zero attached hydrogens (tertiary/aromatic N) is 1. The van der Waals surface area contributed by atoms with Gasteiger partial charge in [-0.05, 0) is 38.4 Å². The number of piperidine rings is 1. The largest absolute Gasteiger partial charge is 0.481 e. The molecule has 2 heterocycles. The van der Waals surface area contributed by atoms with Crippen LogP contribution in [0, 0.1) is 5.92 Å². The van der Waals surface area contributed by atoms with Gasteiger partial charge in [0.15, 0.2) is 0 Å². The minimum Gasteiger partial charge on any atom is -0.481 e. The van der Waals surface area contributed by atoms with Gasteiger partial charge in [-0.15, -0.1) is 0 Å². The van der Waals surface area contributed by atoms with Gasteiger partial charge in [0.05, 0.1) is 24.8 Å². The number of carboxylic acid groups (broad SMARTS) is 1. The molecular formula is C14H20N2O4. The molecule has 0 aromatic carbocycles. The Hall–Kier alpha value is -1.82. The molecule has 2 N–H and O–H groups in total. The Morgan fingerprint density at radius 2 is 2.40 bits per heavy atom. The molecule has 1 fully saturated rings. The Labute approximate surface area is 117 Å². The van der Waals surface area contributed by atoms with Crippen LogP contribution < -0.4 is 5.32 Å². The second kappa shape index (κ2) is 6.56. The van der Waals surface area contributed by atoms with E-state index in [2.05, 4.69) is 5.32 Å². The third-order valence-corrected chi connectivity index (χ3v) is 3.57. The molecule has 0 radical (unpaired) electrons. The van der Waals surface area contributed by atoms with Crippen molar-refractivity contribution < 1.29 is 19.1 Å². The average Bonchev–Trinajstić information content (AvgIpc) is 2.92. The van der Waals surface area contributed by atoms with Crippen LogP contribution in [0.1, 0.15) is 31.6 Å². The number of hydrogen-bond donors (Lipinski definition) is 2. The molecule has 1 saturated heterocycles. The minimum atomic E-state index is -0.779. The van der Waals surface area contributed by atoms with Crippen molar-refractivity contribution in [2.45, 2.75) is 25.8 Å². The van der Waals surface area contributed by atoms with E-state index in [1.165, 1.54) is 0 Å². The van der Waals surface area contributed by atoms with Gasteiger partial charge >= 0.3 is 5.97 Å². The molecule has 6 nitrogen and oxygen atoms in total. The summed E-state index contributed by atoms with van der Waals surface area (Å²) in [6.45, 7) is 3.30. The second-order valence-corrected chi connectivity index (χ2v) is 5.22. The summed E-state index contributed by atoms with van der Waals surface area (Å²) in [5.41, 5.74) is 0. The summed E-state index contributed by atoms with van der Waals surface area (Å²) in [6.07, 6.45) is 3.08. The summed E-state index contributed by atoms with van der Waals surface area (Å²) < 4.78 is 5.23. The van der Waals surface area contributed by atoms with E-state index in [9.17, 15) is 9.59 Å². The number of nitrogens with one attached hydrogen (secondary N) is 1. The molecule has 1 aromatic heterocycles. The van der Waals surface area contributed by atoms with Crippen molar-refractivity contribution in [1.82, 2.24) is 10.2 Å². The van der Waals surface area contributed by atoms with E-state index in [1.807, 2.05) is 17.9 Å².